The second kappa shape index (κ2) is 7.68. The first-order valence-corrected chi connectivity index (χ1v) is 9.60. The summed E-state index contributed by atoms with van der Waals surface area (Å²) in [6.45, 7) is 0.556. The van der Waals surface area contributed by atoms with Crippen molar-refractivity contribution < 1.29 is 9.21 Å². The van der Waals surface area contributed by atoms with Crippen molar-refractivity contribution in [1.82, 2.24) is 14.8 Å². The lowest BCUT2D eigenvalue weighted by molar-refractivity contribution is -0.113. The minimum absolute atomic E-state index is 0.157. The van der Waals surface area contributed by atoms with E-state index in [4.69, 9.17) is 9.68 Å². The Morgan fingerprint density at radius 1 is 1.33 bits per heavy atom. The number of carbonyl (C=O) groups excluding carboxylic acids is 1. The number of carbonyl (C=O) groups is 1. The molecule has 136 valence electrons. The molecule has 0 spiro atoms. The van der Waals surface area contributed by atoms with Crippen LogP contribution in [0.2, 0.25) is 0 Å². The Bertz CT molecular complexity index is 986. The minimum Gasteiger partial charge on any atom is -0.467 e. The topological polar surface area (TPSA) is 96.7 Å². The van der Waals surface area contributed by atoms with E-state index in [-0.39, 0.29) is 11.7 Å². The summed E-state index contributed by atoms with van der Waals surface area (Å²) in [4.78, 5) is 12.3. The van der Waals surface area contributed by atoms with E-state index in [9.17, 15) is 4.79 Å². The van der Waals surface area contributed by atoms with E-state index in [0.29, 0.717) is 28.9 Å². The fourth-order valence-corrected chi connectivity index (χ4v) is 3.50. The monoisotopic (exact) mass is 379 g/mol. The van der Waals surface area contributed by atoms with Crippen LogP contribution in [0.3, 0.4) is 0 Å². The third kappa shape index (κ3) is 4.20. The van der Waals surface area contributed by atoms with Crippen molar-refractivity contribution in [3.63, 3.8) is 0 Å². The van der Waals surface area contributed by atoms with E-state index in [2.05, 4.69) is 21.6 Å². The Labute approximate surface area is 160 Å². The van der Waals surface area contributed by atoms with Gasteiger partial charge in [0, 0.05) is 11.6 Å². The van der Waals surface area contributed by atoms with Gasteiger partial charge in [-0.1, -0.05) is 17.8 Å². The summed E-state index contributed by atoms with van der Waals surface area (Å²) >= 11 is 1.34. The highest BCUT2D eigenvalue weighted by atomic mass is 32.2. The molecule has 1 amide bonds. The number of hydrogen-bond acceptors (Lipinski definition) is 6. The second-order valence-electron chi connectivity index (χ2n) is 6.31. The maximum absolute atomic E-state index is 12.3. The van der Waals surface area contributed by atoms with Gasteiger partial charge in [-0.15, -0.1) is 10.2 Å². The Morgan fingerprint density at radius 2 is 2.22 bits per heavy atom. The number of rotatable bonds is 7. The number of nitrogens with zero attached hydrogens (tertiary/aromatic N) is 4. The van der Waals surface area contributed by atoms with Gasteiger partial charge in [0.2, 0.25) is 5.91 Å². The highest BCUT2D eigenvalue weighted by Crippen LogP contribution is 2.40. The molecule has 0 bridgehead atoms. The smallest absolute Gasteiger partial charge is 0.234 e. The van der Waals surface area contributed by atoms with E-state index in [1.165, 1.54) is 11.8 Å². The molecule has 1 aromatic carbocycles. The molecule has 0 radical (unpaired) electrons. The normalized spacial score (nSPS) is 13.3. The molecule has 0 atom stereocenters. The average molecular weight is 379 g/mol. The van der Waals surface area contributed by atoms with Gasteiger partial charge in [-0.25, -0.2) is 0 Å². The highest BCUT2D eigenvalue weighted by Gasteiger charge is 2.30. The molecule has 1 fully saturated rings. The minimum atomic E-state index is -0.157. The van der Waals surface area contributed by atoms with Gasteiger partial charge in [0.05, 0.1) is 30.2 Å². The molecular formula is C19H17N5O2S. The third-order valence-electron chi connectivity index (χ3n) is 4.19. The summed E-state index contributed by atoms with van der Waals surface area (Å²) < 4.78 is 7.48. The number of thioether (sulfide) groups is 1. The maximum atomic E-state index is 12.3. The van der Waals surface area contributed by atoms with Crippen molar-refractivity contribution in [1.29, 1.82) is 5.26 Å². The van der Waals surface area contributed by atoms with Crippen LogP contribution in [0.25, 0.3) is 0 Å². The Balaban J connectivity index is 1.43. The zero-order chi connectivity index (χ0) is 18.6. The van der Waals surface area contributed by atoms with Gasteiger partial charge in [-0.3, -0.25) is 9.36 Å². The summed E-state index contributed by atoms with van der Waals surface area (Å²) in [6.07, 6.45) is 3.89. The molecule has 2 aromatic heterocycles. The molecular weight excluding hydrogens is 362 g/mol. The molecule has 8 heteroatoms. The van der Waals surface area contributed by atoms with Crippen LogP contribution in [0.5, 0.6) is 0 Å². The standard InChI is InChI=1S/C19H17N5O2S/c20-10-13-3-1-4-15(9-13)21-17(25)12-27-19-23-22-18(14-6-7-14)24(19)11-16-5-2-8-26-16/h1-5,8-9,14H,6-7,11-12H2,(H,21,25). The van der Waals surface area contributed by atoms with E-state index in [1.807, 2.05) is 16.7 Å². The quantitative estimate of drug-likeness (QED) is 0.632. The number of amides is 1. The lowest BCUT2D eigenvalue weighted by Crippen LogP contribution is -2.15. The first-order chi connectivity index (χ1) is 13.2. The van der Waals surface area contributed by atoms with Crippen LogP contribution in [0.15, 0.2) is 52.2 Å². The molecule has 3 aromatic rings. The molecule has 1 saturated carbocycles. The van der Waals surface area contributed by atoms with Gasteiger partial charge in [-0.2, -0.15) is 5.26 Å². The predicted octanol–water partition coefficient (Wildman–Crippen LogP) is 3.40. The van der Waals surface area contributed by atoms with E-state index in [1.54, 1.807) is 30.5 Å². The van der Waals surface area contributed by atoms with Crippen molar-refractivity contribution in [3.8, 4) is 6.07 Å². The average Bonchev–Trinajstić information content (AvgIpc) is 3.24. The van der Waals surface area contributed by atoms with Gasteiger partial charge in [-0.05, 0) is 43.2 Å². The Kier molecular flexibility index (Phi) is 4.94. The molecule has 0 unspecified atom stereocenters. The number of hydrogen-bond donors (Lipinski definition) is 1. The fourth-order valence-electron chi connectivity index (χ4n) is 2.75. The highest BCUT2D eigenvalue weighted by molar-refractivity contribution is 7.99. The van der Waals surface area contributed by atoms with Crippen molar-refractivity contribution in [3.05, 3.63) is 59.8 Å². The molecule has 4 rings (SSSR count). The number of furan rings is 1. The van der Waals surface area contributed by atoms with Crippen molar-refractivity contribution >= 4 is 23.4 Å². The van der Waals surface area contributed by atoms with E-state index < -0.39 is 0 Å². The van der Waals surface area contributed by atoms with Crippen molar-refractivity contribution in [2.75, 3.05) is 11.1 Å². The molecule has 7 nitrogen and oxygen atoms in total. The molecule has 0 aliphatic heterocycles. The lowest BCUT2D eigenvalue weighted by Gasteiger charge is -2.08. The van der Waals surface area contributed by atoms with Crippen LogP contribution in [-0.2, 0) is 11.3 Å². The number of benzene rings is 1. The first kappa shape index (κ1) is 17.4. The van der Waals surface area contributed by atoms with Crippen LogP contribution in [0.1, 0.15) is 35.9 Å². The third-order valence-corrected chi connectivity index (χ3v) is 5.16. The molecule has 2 heterocycles. The van der Waals surface area contributed by atoms with Crippen molar-refractivity contribution in [2.24, 2.45) is 0 Å². The number of anilines is 1. The zero-order valence-electron chi connectivity index (χ0n) is 14.5. The molecule has 27 heavy (non-hydrogen) atoms. The fraction of sp³-hybridized carbons (Fsp3) is 0.263. The largest absolute Gasteiger partial charge is 0.467 e. The van der Waals surface area contributed by atoms with Gasteiger partial charge in [0.15, 0.2) is 5.16 Å². The van der Waals surface area contributed by atoms with Crippen molar-refractivity contribution in [2.45, 2.75) is 30.5 Å². The van der Waals surface area contributed by atoms with Crippen LogP contribution in [0.4, 0.5) is 5.69 Å². The Hall–Kier alpha value is -3.05. The van der Waals surface area contributed by atoms with Gasteiger partial charge in [0.25, 0.3) is 0 Å². The molecule has 1 aliphatic carbocycles. The van der Waals surface area contributed by atoms with Crippen LogP contribution in [0, 0.1) is 11.3 Å². The summed E-state index contributed by atoms with van der Waals surface area (Å²) in [5, 5.41) is 21.1. The molecule has 0 saturated heterocycles. The zero-order valence-corrected chi connectivity index (χ0v) is 15.3. The number of nitrogens with one attached hydrogen (secondary N) is 1. The summed E-state index contributed by atoms with van der Waals surface area (Å²) in [5.41, 5.74) is 1.11. The van der Waals surface area contributed by atoms with Gasteiger partial charge < -0.3 is 9.73 Å². The molecule has 1 N–H and O–H groups in total. The molecule has 1 aliphatic rings. The van der Waals surface area contributed by atoms with Gasteiger partial charge in [0.1, 0.15) is 11.6 Å². The summed E-state index contributed by atoms with van der Waals surface area (Å²) in [7, 11) is 0. The number of aromatic nitrogens is 3. The maximum Gasteiger partial charge on any atom is 0.234 e. The van der Waals surface area contributed by atoms with Gasteiger partial charge >= 0.3 is 0 Å². The van der Waals surface area contributed by atoms with E-state index >= 15 is 0 Å². The first-order valence-electron chi connectivity index (χ1n) is 8.61. The van der Waals surface area contributed by atoms with Crippen LogP contribution in [-0.4, -0.2) is 26.4 Å². The summed E-state index contributed by atoms with van der Waals surface area (Å²) in [5.74, 6) is 2.28. The summed E-state index contributed by atoms with van der Waals surface area (Å²) in [6, 6.07) is 12.7. The van der Waals surface area contributed by atoms with E-state index in [0.717, 1.165) is 24.4 Å². The lowest BCUT2D eigenvalue weighted by atomic mass is 10.2. The van der Waals surface area contributed by atoms with Crippen LogP contribution < -0.4 is 5.32 Å². The Morgan fingerprint density at radius 3 is 2.96 bits per heavy atom. The number of nitriles is 1. The van der Waals surface area contributed by atoms with Crippen LogP contribution >= 0.6 is 11.8 Å². The second-order valence-corrected chi connectivity index (χ2v) is 7.25. The predicted molar refractivity (Wildman–Crippen MR) is 100 cm³/mol. The SMILES string of the molecule is N#Cc1cccc(NC(=O)CSc2nnc(C3CC3)n2Cc2ccco2)c1.